The standard InChI is InChI=1S/C19H30FN3O2S/c1-19(2,16-7-8-16)22-26(24,25)18-10-9-17(13-15(18)14-20)21-23-11-5-3-4-6-12-23/h9-10,13,16,21-22H,3-8,11-12,14H2,1-2H3. The SMILES string of the molecule is CC(C)(NS(=O)(=O)c1ccc(NN2CCCCCC2)cc1CF)C1CC1. The van der Waals surface area contributed by atoms with Crippen LogP contribution in [0.25, 0.3) is 0 Å². The number of alkyl halides is 1. The maximum atomic E-state index is 13.6. The molecule has 1 saturated carbocycles. The molecule has 0 unspecified atom stereocenters. The van der Waals surface area contributed by atoms with E-state index in [1.807, 2.05) is 13.8 Å². The Morgan fingerprint density at radius 1 is 1.15 bits per heavy atom. The molecule has 0 spiro atoms. The summed E-state index contributed by atoms with van der Waals surface area (Å²) >= 11 is 0. The van der Waals surface area contributed by atoms with Crippen molar-refractivity contribution < 1.29 is 12.8 Å². The Kier molecular flexibility index (Phi) is 5.89. The van der Waals surface area contributed by atoms with Crippen LogP contribution in [0.2, 0.25) is 0 Å². The summed E-state index contributed by atoms with van der Waals surface area (Å²) in [6, 6.07) is 4.85. The Bertz CT molecular complexity index is 724. The largest absolute Gasteiger partial charge is 0.319 e. The highest BCUT2D eigenvalue weighted by Crippen LogP contribution is 2.40. The highest BCUT2D eigenvalue weighted by molar-refractivity contribution is 7.89. The van der Waals surface area contributed by atoms with Gasteiger partial charge in [0.15, 0.2) is 0 Å². The normalized spacial score (nSPS) is 20.0. The average Bonchev–Trinajstić information content (AvgIpc) is 3.41. The van der Waals surface area contributed by atoms with Crippen molar-refractivity contribution in [1.82, 2.24) is 9.73 Å². The quantitative estimate of drug-likeness (QED) is 0.751. The molecule has 1 aliphatic heterocycles. The molecular weight excluding hydrogens is 353 g/mol. The highest BCUT2D eigenvalue weighted by Gasteiger charge is 2.41. The number of anilines is 1. The van der Waals surface area contributed by atoms with E-state index >= 15 is 0 Å². The van der Waals surface area contributed by atoms with Gasteiger partial charge < -0.3 is 5.43 Å². The van der Waals surface area contributed by atoms with Crippen molar-refractivity contribution in [2.75, 3.05) is 18.5 Å². The van der Waals surface area contributed by atoms with E-state index in [1.165, 1.54) is 18.9 Å². The highest BCUT2D eigenvalue weighted by atomic mass is 32.2. The molecule has 3 rings (SSSR count). The first-order valence-electron chi connectivity index (χ1n) is 9.56. The van der Waals surface area contributed by atoms with Gasteiger partial charge in [-0.2, -0.15) is 0 Å². The third-order valence-electron chi connectivity index (χ3n) is 5.38. The second-order valence-electron chi connectivity index (χ2n) is 8.07. The molecule has 0 radical (unpaired) electrons. The molecule has 0 amide bonds. The van der Waals surface area contributed by atoms with Gasteiger partial charge in [0.2, 0.25) is 10.0 Å². The van der Waals surface area contributed by atoms with E-state index in [4.69, 9.17) is 0 Å². The van der Waals surface area contributed by atoms with Crippen LogP contribution in [-0.4, -0.2) is 32.1 Å². The number of nitrogens with one attached hydrogen (secondary N) is 2. The lowest BCUT2D eigenvalue weighted by molar-refractivity contribution is 0.343. The van der Waals surface area contributed by atoms with Gasteiger partial charge in [0, 0.05) is 29.9 Å². The molecule has 1 aliphatic carbocycles. The fourth-order valence-electron chi connectivity index (χ4n) is 3.67. The van der Waals surface area contributed by atoms with Gasteiger partial charge in [-0.05, 0) is 63.6 Å². The van der Waals surface area contributed by atoms with E-state index in [0.717, 1.165) is 44.5 Å². The molecule has 1 aromatic carbocycles. The summed E-state index contributed by atoms with van der Waals surface area (Å²) in [4.78, 5) is 0.0372. The third kappa shape index (κ3) is 4.75. The molecule has 2 aliphatic rings. The van der Waals surface area contributed by atoms with Crippen molar-refractivity contribution in [2.24, 2.45) is 5.92 Å². The van der Waals surface area contributed by atoms with Gasteiger partial charge in [0.05, 0.1) is 4.90 Å². The van der Waals surface area contributed by atoms with Crippen LogP contribution in [0.3, 0.4) is 0 Å². The number of halogens is 1. The summed E-state index contributed by atoms with van der Waals surface area (Å²) in [6.45, 7) is 4.87. The molecule has 1 aromatic rings. The van der Waals surface area contributed by atoms with Gasteiger partial charge in [0.25, 0.3) is 0 Å². The van der Waals surface area contributed by atoms with E-state index in [1.54, 1.807) is 12.1 Å². The fraction of sp³-hybridized carbons (Fsp3) is 0.684. The van der Waals surface area contributed by atoms with E-state index < -0.39 is 22.2 Å². The number of hydrogen-bond donors (Lipinski definition) is 2. The average molecular weight is 384 g/mol. The Hall–Kier alpha value is -1.18. The van der Waals surface area contributed by atoms with Gasteiger partial charge in [-0.3, -0.25) is 0 Å². The van der Waals surface area contributed by atoms with Crippen LogP contribution in [0.15, 0.2) is 23.1 Å². The van der Waals surface area contributed by atoms with Gasteiger partial charge in [-0.15, -0.1) is 0 Å². The van der Waals surface area contributed by atoms with Crippen LogP contribution in [0, 0.1) is 5.92 Å². The lowest BCUT2D eigenvalue weighted by Gasteiger charge is -2.27. The van der Waals surface area contributed by atoms with Crippen molar-refractivity contribution >= 4 is 15.7 Å². The Labute approximate surface area is 156 Å². The molecule has 7 heteroatoms. The molecule has 26 heavy (non-hydrogen) atoms. The van der Waals surface area contributed by atoms with Crippen LogP contribution >= 0.6 is 0 Å². The lowest BCUT2D eigenvalue weighted by Crippen LogP contribution is -2.45. The Morgan fingerprint density at radius 2 is 1.81 bits per heavy atom. The second-order valence-corrected chi connectivity index (χ2v) is 9.72. The van der Waals surface area contributed by atoms with E-state index in [2.05, 4.69) is 15.2 Å². The van der Waals surface area contributed by atoms with Crippen LogP contribution in [0.1, 0.15) is 57.9 Å². The predicted octanol–water partition coefficient (Wildman–Crippen LogP) is 3.83. The first-order chi connectivity index (χ1) is 12.3. The van der Waals surface area contributed by atoms with E-state index in [0.29, 0.717) is 5.92 Å². The van der Waals surface area contributed by atoms with Crippen LogP contribution < -0.4 is 10.1 Å². The molecule has 2 fully saturated rings. The summed E-state index contributed by atoms with van der Waals surface area (Å²) in [5, 5.41) is 2.13. The molecule has 1 saturated heterocycles. The summed E-state index contributed by atoms with van der Waals surface area (Å²) in [5.41, 5.74) is 3.73. The van der Waals surface area contributed by atoms with Crippen molar-refractivity contribution in [3.8, 4) is 0 Å². The zero-order valence-corrected chi connectivity index (χ0v) is 16.5. The maximum Gasteiger partial charge on any atom is 0.241 e. The van der Waals surface area contributed by atoms with Crippen molar-refractivity contribution in [3.05, 3.63) is 23.8 Å². The fourth-order valence-corrected chi connectivity index (χ4v) is 5.35. The number of hydrogen-bond acceptors (Lipinski definition) is 4. The van der Waals surface area contributed by atoms with Crippen molar-refractivity contribution in [3.63, 3.8) is 0 Å². The molecule has 0 aromatic heterocycles. The molecule has 146 valence electrons. The van der Waals surface area contributed by atoms with E-state index in [-0.39, 0.29) is 10.5 Å². The molecule has 2 N–H and O–H groups in total. The van der Waals surface area contributed by atoms with Crippen LogP contribution in [0.4, 0.5) is 10.1 Å². The van der Waals surface area contributed by atoms with Gasteiger partial charge in [-0.1, -0.05) is 12.8 Å². The lowest BCUT2D eigenvalue weighted by atomic mass is 10.0. The minimum Gasteiger partial charge on any atom is -0.319 e. The predicted molar refractivity (Wildman–Crippen MR) is 102 cm³/mol. The monoisotopic (exact) mass is 383 g/mol. The number of hydrazine groups is 1. The third-order valence-corrected chi connectivity index (χ3v) is 7.15. The van der Waals surface area contributed by atoms with Gasteiger partial charge in [0.1, 0.15) is 6.67 Å². The van der Waals surface area contributed by atoms with E-state index in [9.17, 15) is 12.8 Å². The Morgan fingerprint density at radius 3 is 2.38 bits per heavy atom. The second kappa shape index (κ2) is 7.82. The number of benzene rings is 1. The number of rotatable bonds is 7. The van der Waals surface area contributed by atoms with Crippen LogP contribution in [0.5, 0.6) is 0 Å². The smallest absolute Gasteiger partial charge is 0.241 e. The molecule has 5 nitrogen and oxygen atoms in total. The molecule has 0 atom stereocenters. The number of nitrogens with zero attached hydrogens (tertiary/aromatic N) is 1. The first kappa shape index (κ1) is 19.6. The summed E-state index contributed by atoms with van der Waals surface area (Å²) < 4.78 is 42.0. The van der Waals surface area contributed by atoms with Crippen molar-refractivity contribution in [1.29, 1.82) is 0 Å². The van der Waals surface area contributed by atoms with Gasteiger partial charge in [-0.25, -0.2) is 22.5 Å². The van der Waals surface area contributed by atoms with Crippen molar-refractivity contribution in [2.45, 2.75) is 69.5 Å². The van der Waals surface area contributed by atoms with Gasteiger partial charge >= 0.3 is 0 Å². The first-order valence-corrected chi connectivity index (χ1v) is 11.0. The minimum atomic E-state index is -3.75. The topological polar surface area (TPSA) is 61.4 Å². The molecule has 1 heterocycles. The Balaban J connectivity index is 1.77. The summed E-state index contributed by atoms with van der Waals surface area (Å²) in [5.74, 6) is 0.357. The summed E-state index contributed by atoms with van der Waals surface area (Å²) in [6.07, 6.45) is 6.79. The van der Waals surface area contributed by atoms with Crippen LogP contribution in [-0.2, 0) is 16.7 Å². The minimum absolute atomic E-state index is 0.0372. The molecular formula is C19H30FN3O2S. The molecule has 0 bridgehead atoms. The zero-order chi connectivity index (χ0) is 18.8. The zero-order valence-electron chi connectivity index (χ0n) is 15.7. The maximum absolute atomic E-state index is 13.6. The number of sulfonamides is 1. The summed E-state index contributed by atoms with van der Waals surface area (Å²) in [7, 11) is -3.75.